The highest BCUT2D eigenvalue weighted by Crippen LogP contribution is 2.21. The van der Waals surface area contributed by atoms with Crippen molar-refractivity contribution in [1.82, 2.24) is 19.9 Å². The molecule has 2 aromatic heterocycles. The normalized spacial score (nSPS) is 12.6. The number of pyridine rings is 1. The first-order valence-corrected chi connectivity index (χ1v) is 5.81. The highest BCUT2D eigenvalue weighted by atomic mass is 35.5. The molecule has 17 heavy (non-hydrogen) atoms. The lowest BCUT2D eigenvalue weighted by Crippen LogP contribution is -2.28. The van der Waals surface area contributed by atoms with Gasteiger partial charge in [0, 0.05) is 13.2 Å². The van der Waals surface area contributed by atoms with E-state index in [2.05, 4.69) is 15.3 Å². The molecular formula is C11H13ClN4O. The maximum absolute atomic E-state index is 11.7. The number of hydrogen-bond donors (Lipinski definition) is 1. The molecule has 1 amide bonds. The van der Waals surface area contributed by atoms with Crippen molar-refractivity contribution < 1.29 is 4.79 Å². The van der Waals surface area contributed by atoms with E-state index in [1.165, 1.54) is 0 Å². The number of fused-ring (bicyclic) bond motifs is 1. The van der Waals surface area contributed by atoms with Gasteiger partial charge in [0.25, 0.3) is 0 Å². The number of halogens is 1. The van der Waals surface area contributed by atoms with Gasteiger partial charge < -0.3 is 9.88 Å². The van der Waals surface area contributed by atoms with Crippen LogP contribution in [0.5, 0.6) is 0 Å². The Kier molecular flexibility index (Phi) is 3.28. The lowest BCUT2D eigenvalue weighted by molar-refractivity contribution is -0.123. The van der Waals surface area contributed by atoms with Gasteiger partial charge in [-0.3, -0.25) is 9.78 Å². The van der Waals surface area contributed by atoms with Crippen LogP contribution in [0.1, 0.15) is 18.8 Å². The summed E-state index contributed by atoms with van der Waals surface area (Å²) in [6.07, 6.45) is 3.34. The fourth-order valence-corrected chi connectivity index (χ4v) is 2.04. The van der Waals surface area contributed by atoms with E-state index in [1.54, 1.807) is 19.4 Å². The van der Waals surface area contributed by atoms with Gasteiger partial charge >= 0.3 is 0 Å². The minimum Gasteiger partial charge on any atom is -0.357 e. The summed E-state index contributed by atoms with van der Waals surface area (Å²) >= 11 is 5.86. The van der Waals surface area contributed by atoms with Crippen LogP contribution in [-0.4, -0.2) is 27.5 Å². The first kappa shape index (κ1) is 11.9. The summed E-state index contributed by atoms with van der Waals surface area (Å²) in [5.74, 6) is 0.856. The van der Waals surface area contributed by atoms with E-state index in [9.17, 15) is 4.79 Å². The zero-order valence-corrected chi connectivity index (χ0v) is 10.4. The number of aromatic nitrogens is 3. The number of carbonyl (C=O) groups is 1. The molecule has 0 bridgehead atoms. The van der Waals surface area contributed by atoms with Crippen LogP contribution >= 0.6 is 11.6 Å². The van der Waals surface area contributed by atoms with Gasteiger partial charge in [-0.2, -0.15) is 0 Å². The zero-order chi connectivity index (χ0) is 12.4. The average molecular weight is 253 g/mol. The highest BCUT2D eigenvalue weighted by molar-refractivity contribution is 6.16. The Balaban J connectivity index is 2.61. The fraction of sp³-hybridized carbons (Fsp3) is 0.364. The SMILES string of the molecule is CNC(=O)C(C)n1c(CCl)nc2cnccc21. The maximum atomic E-state index is 11.7. The van der Waals surface area contributed by atoms with Crippen molar-refractivity contribution >= 4 is 28.5 Å². The van der Waals surface area contributed by atoms with Gasteiger partial charge in [-0.05, 0) is 13.0 Å². The van der Waals surface area contributed by atoms with Crippen LogP contribution < -0.4 is 5.32 Å². The van der Waals surface area contributed by atoms with Crippen molar-refractivity contribution in [2.75, 3.05) is 7.05 Å². The molecule has 0 saturated carbocycles. The number of nitrogens with one attached hydrogen (secondary N) is 1. The van der Waals surface area contributed by atoms with Crippen molar-refractivity contribution in [2.45, 2.75) is 18.8 Å². The predicted octanol–water partition coefficient (Wildman–Crippen LogP) is 1.48. The van der Waals surface area contributed by atoms with Crippen LogP contribution in [-0.2, 0) is 10.7 Å². The Hall–Kier alpha value is -1.62. The van der Waals surface area contributed by atoms with Gasteiger partial charge in [-0.25, -0.2) is 4.98 Å². The van der Waals surface area contributed by atoms with E-state index in [0.717, 1.165) is 11.0 Å². The number of likely N-dealkylation sites (N-methyl/N-ethyl adjacent to an activating group) is 1. The number of carbonyl (C=O) groups excluding carboxylic acids is 1. The largest absolute Gasteiger partial charge is 0.357 e. The zero-order valence-electron chi connectivity index (χ0n) is 9.64. The van der Waals surface area contributed by atoms with E-state index in [4.69, 9.17) is 11.6 Å². The Morgan fingerprint density at radius 3 is 3.06 bits per heavy atom. The van der Waals surface area contributed by atoms with E-state index < -0.39 is 0 Å². The summed E-state index contributed by atoms with van der Waals surface area (Å²) < 4.78 is 1.84. The monoisotopic (exact) mass is 252 g/mol. The molecule has 0 fully saturated rings. The molecule has 2 heterocycles. The second-order valence-electron chi connectivity index (χ2n) is 3.69. The van der Waals surface area contributed by atoms with Crippen LogP contribution in [0.25, 0.3) is 11.0 Å². The molecule has 1 unspecified atom stereocenters. The Morgan fingerprint density at radius 1 is 1.65 bits per heavy atom. The smallest absolute Gasteiger partial charge is 0.242 e. The molecule has 90 valence electrons. The number of imidazole rings is 1. The lowest BCUT2D eigenvalue weighted by atomic mass is 10.3. The van der Waals surface area contributed by atoms with Gasteiger partial charge in [-0.15, -0.1) is 11.6 Å². The van der Waals surface area contributed by atoms with Crippen LogP contribution in [0.3, 0.4) is 0 Å². The molecule has 0 radical (unpaired) electrons. The number of rotatable bonds is 3. The van der Waals surface area contributed by atoms with Gasteiger partial charge in [0.05, 0.1) is 17.6 Å². The van der Waals surface area contributed by atoms with E-state index in [1.807, 2.05) is 17.6 Å². The fourth-order valence-electron chi connectivity index (χ4n) is 1.85. The molecule has 0 saturated heterocycles. The van der Waals surface area contributed by atoms with Crippen molar-refractivity contribution in [3.8, 4) is 0 Å². The summed E-state index contributed by atoms with van der Waals surface area (Å²) in [7, 11) is 1.61. The number of nitrogens with zero attached hydrogens (tertiary/aromatic N) is 3. The summed E-state index contributed by atoms with van der Waals surface area (Å²) in [4.78, 5) is 20.1. The Labute approximate surface area is 104 Å². The van der Waals surface area contributed by atoms with Crippen molar-refractivity contribution in [1.29, 1.82) is 0 Å². The molecule has 2 rings (SSSR count). The molecular weight excluding hydrogens is 240 g/mol. The van der Waals surface area contributed by atoms with Crippen LogP contribution in [0, 0.1) is 0 Å². The van der Waals surface area contributed by atoms with Gasteiger partial charge in [0.2, 0.25) is 5.91 Å². The van der Waals surface area contributed by atoms with Crippen LogP contribution in [0.2, 0.25) is 0 Å². The molecule has 5 nitrogen and oxygen atoms in total. The molecule has 1 atom stereocenters. The number of hydrogen-bond acceptors (Lipinski definition) is 3. The first-order chi connectivity index (χ1) is 8.19. The van der Waals surface area contributed by atoms with Gasteiger partial charge in [0.15, 0.2) is 0 Å². The molecule has 6 heteroatoms. The van der Waals surface area contributed by atoms with Crippen molar-refractivity contribution in [2.24, 2.45) is 0 Å². The third-order valence-electron chi connectivity index (χ3n) is 2.70. The molecule has 1 N–H and O–H groups in total. The van der Waals surface area contributed by atoms with Crippen molar-refractivity contribution in [3.63, 3.8) is 0 Å². The summed E-state index contributed by atoms with van der Waals surface area (Å²) in [5.41, 5.74) is 1.62. The topological polar surface area (TPSA) is 59.8 Å². The standard InChI is InChI=1S/C11H13ClN4O/c1-7(11(17)13-2)16-9-3-4-14-6-8(9)15-10(16)5-12/h3-4,6-7H,5H2,1-2H3,(H,13,17). The third kappa shape index (κ3) is 1.98. The predicted molar refractivity (Wildman–Crippen MR) is 65.9 cm³/mol. The minimum atomic E-state index is -0.346. The molecule has 2 aromatic rings. The molecule has 0 aliphatic rings. The summed E-state index contributed by atoms with van der Waals surface area (Å²) in [5, 5.41) is 2.62. The van der Waals surface area contributed by atoms with Crippen LogP contribution in [0.4, 0.5) is 0 Å². The maximum Gasteiger partial charge on any atom is 0.242 e. The molecule has 0 spiro atoms. The highest BCUT2D eigenvalue weighted by Gasteiger charge is 2.19. The van der Waals surface area contributed by atoms with Gasteiger partial charge in [0.1, 0.15) is 17.4 Å². The average Bonchev–Trinajstić information content (AvgIpc) is 2.75. The number of alkyl halides is 1. The minimum absolute atomic E-state index is 0.0764. The van der Waals surface area contributed by atoms with E-state index in [-0.39, 0.29) is 17.8 Å². The number of amides is 1. The van der Waals surface area contributed by atoms with Crippen LogP contribution in [0.15, 0.2) is 18.5 Å². The molecule has 0 aromatic carbocycles. The first-order valence-electron chi connectivity index (χ1n) is 5.27. The summed E-state index contributed by atoms with van der Waals surface area (Å²) in [6.45, 7) is 1.82. The quantitative estimate of drug-likeness (QED) is 0.842. The van der Waals surface area contributed by atoms with E-state index in [0.29, 0.717) is 5.82 Å². The third-order valence-corrected chi connectivity index (χ3v) is 2.94. The Bertz CT molecular complexity index is 551. The second-order valence-corrected chi connectivity index (χ2v) is 3.95. The van der Waals surface area contributed by atoms with Gasteiger partial charge in [-0.1, -0.05) is 0 Å². The molecule has 0 aliphatic heterocycles. The van der Waals surface area contributed by atoms with Crippen molar-refractivity contribution in [3.05, 3.63) is 24.3 Å². The summed E-state index contributed by atoms with van der Waals surface area (Å²) in [6, 6.07) is 1.49. The van der Waals surface area contributed by atoms with E-state index >= 15 is 0 Å². The lowest BCUT2D eigenvalue weighted by Gasteiger charge is -2.15. The second kappa shape index (κ2) is 4.71. The Morgan fingerprint density at radius 2 is 2.41 bits per heavy atom. The molecule has 0 aliphatic carbocycles.